The van der Waals surface area contributed by atoms with E-state index in [1.807, 2.05) is 11.0 Å². The number of hydrogen-bond acceptors (Lipinski definition) is 10. The van der Waals surface area contributed by atoms with Crippen molar-refractivity contribution in [3.8, 4) is 0 Å². The molecule has 0 radical (unpaired) electrons. The van der Waals surface area contributed by atoms with Gasteiger partial charge in [-0.1, -0.05) is 0 Å². The van der Waals surface area contributed by atoms with Crippen LogP contribution >= 0.6 is 0 Å². The molecule has 12 nitrogen and oxygen atoms in total. The highest BCUT2D eigenvalue weighted by Gasteiger charge is 2.45. The number of imide groups is 2. The molecule has 5 aliphatic heterocycles. The van der Waals surface area contributed by atoms with E-state index in [1.165, 1.54) is 18.9 Å². The lowest BCUT2D eigenvalue weighted by Gasteiger charge is -2.48. The number of anilines is 2. The van der Waals surface area contributed by atoms with Crippen LogP contribution in [0, 0.1) is 17.2 Å². The summed E-state index contributed by atoms with van der Waals surface area (Å²) in [7, 11) is 0. The number of piperidine rings is 4. The van der Waals surface area contributed by atoms with Crippen molar-refractivity contribution in [2.75, 3.05) is 55.6 Å². The van der Waals surface area contributed by atoms with E-state index in [9.17, 15) is 24.0 Å². The molecule has 1 unspecified atom stereocenters. The minimum atomic E-state index is -1.08. The molecule has 4 saturated heterocycles. The fourth-order valence-corrected chi connectivity index (χ4v) is 7.93. The predicted octanol–water partition coefficient (Wildman–Crippen LogP) is 2.43. The van der Waals surface area contributed by atoms with Gasteiger partial charge in [-0.25, -0.2) is 4.39 Å². The molecule has 4 fully saturated rings. The van der Waals surface area contributed by atoms with Crippen LogP contribution in [0.3, 0.4) is 0 Å². The summed E-state index contributed by atoms with van der Waals surface area (Å²) in [5, 5.41) is 10.4. The average Bonchev–Trinajstić information content (AvgIpc) is 3.30. The van der Waals surface area contributed by atoms with E-state index in [4.69, 9.17) is 0 Å². The van der Waals surface area contributed by atoms with Gasteiger partial charge in [-0.3, -0.25) is 34.2 Å². The van der Waals surface area contributed by atoms with Crippen LogP contribution in [0.25, 0.3) is 0 Å². The Bertz CT molecular complexity index is 1560. The van der Waals surface area contributed by atoms with Gasteiger partial charge in [0.2, 0.25) is 11.8 Å². The maximum absolute atomic E-state index is 15.3. The zero-order chi connectivity index (χ0) is 32.0. The molecule has 2 aromatic rings. The van der Waals surface area contributed by atoms with Gasteiger partial charge in [0, 0.05) is 39.1 Å². The number of likely N-dealkylation sites (tertiary alicyclic amines) is 1. The number of nitrogens with zero attached hydrogens (tertiary/aromatic N) is 6. The summed E-state index contributed by atoms with van der Waals surface area (Å²) < 4.78 is 15.3. The third-order valence-corrected chi connectivity index (χ3v) is 10.8. The first-order valence-corrected chi connectivity index (χ1v) is 16.3. The van der Waals surface area contributed by atoms with Crippen LogP contribution in [-0.4, -0.2) is 102 Å². The maximum atomic E-state index is 15.3. The summed E-state index contributed by atoms with van der Waals surface area (Å²) in [6, 6.07) is 5.09. The van der Waals surface area contributed by atoms with E-state index in [0.29, 0.717) is 42.1 Å². The second kappa shape index (κ2) is 12.2. The van der Waals surface area contributed by atoms with Crippen molar-refractivity contribution in [3.63, 3.8) is 0 Å². The lowest BCUT2D eigenvalue weighted by atomic mass is 9.71. The van der Waals surface area contributed by atoms with Crippen molar-refractivity contribution in [1.29, 1.82) is 0 Å². The van der Waals surface area contributed by atoms with Crippen LogP contribution in [-0.2, 0) is 9.59 Å². The lowest BCUT2D eigenvalue weighted by Crippen LogP contribution is -2.54. The van der Waals surface area contributed by atoms with Gasteiger partial charge in [0.25, 0.3) is 11.8 Å². The average molecular weight is 632 g/mol. The van der Waals surface area contributed by atoms with Gasteiger partial charge >= 0.3 is 0 Å². The molecule has 1 N–H and O–H groups in total. The molecule has 242 valence electrons. The molecule has 13 heteroatoms. The number of benzene rings is 1. The van der Waals surface area contributed by atoms with Gasteiger partial charge in [0.05, 0.1) is 16.8 Å². The summed E-state index contributed by atoms with van der Waals surface area (Å²) in [5.74, 6) is -1.67. The summed E-state index contributed by atoms with van der Waals surface area (Å²) in [5.41, 5.74) is 1.08. The molecule has 4 amide bonds. The van der Waals surface area contributed by atoms with Gasteiger partial charge in [-0.2, -0.15) is 0 Å². The molecule has 1 atom stereocenters. The number of carbonyl (C=O) groups is 5. The Morgan fingerprint density at radius 3 is 2.15 bits per heavy atom. The number of nitrogens with one attached hydrogen (secondary N) is 1. The second-order valence-corrected chi connectivity index (χ2v) is 13.4. The van der Waals surface area contributed by atoms with Gasteiger partial charge < -0.3 is 14.7 Å². The van der Waals surface area contributed by atoms with Crippen LogP contribution in [0.4, 0.5) is 15.9 Å². The normalized spacial score (nSPS) is 24.0. The molecule has 6 heterocycles. The van der Waals surface area contributed by atoms with E-state index in [0.717, 1.165) is 75.2 Å². The van der Waals surface area contributed by atoms with E-state index in [2.05, 4.69) is 25.3 Å². The van der Waals surface area contributed by atoms with Gasteiger partial charge in [0.15, 0.2) is 12.1 Å². The highest BCUT2D eigenvalue weighted by molar-refractivity contribution is 6.23. The van der Waals surface area contributed by atoms with Gasteiger partial charge in [0.1, 0.15) is 17.6 Å². The molecule has 1 spiro atoms. The van der Waals surface area contributed by atoms with Crippen LogP contribution in [0.5, 0.6) is 0 Å². The highest BCUT2D eigenvalue weighted by atomic mass is 19.1. The predicted molar refractivity (Wildman–Crippen MR) is 165 cm³/mol. The standard InChI is InChI=1S/C33H38FN7O5/c34-25-17-23-24(32(46)41(31(23)45)26-2-4-29(43)35-30(26)44)18-27(25)39-11-5-21(6-12-39)19-38-13-7-33(8-14-38)9-15-40(16-10-33)28-3-1-22(20-42)36-37-28/h1,3,17-18,20-21,26H,2,4-16,19H2,(H,35,43,44). The van der Waals surface area contributed by atoms with Crippen LogP contribution in [0.1, 0.15) is 82.6 Å². The Morgan fingerprint density at radius 1 is 0.848 bits per heavy atom. The molecule has 5 aliphatic rings. The van der Waals surface area contributed by atoms with E-state index < -0.39 is 35.5 Å². The van der Waals surface area contributed by atoms with Crippen LogP contribution in [0.2, 0.25) is 0 Å². The topological polar surface area (TPSA) is 136 Å². The first-order chi connectivity index (χ1) is 22.2. The molecule has 1 aromatic carbocycles. The van der Waals surface area contributed by atoms with Gasteiger partial charge in [-0.05, 0) is 93.6 Å². The van der Waals surface area contributed by atoms with Crippen LogP contribution < -0.4 is 15.1 Å². The van der Waals surface area contributed by atoms with E-state index in [-0.39, 0.29) is 24.0 Å². The zero-order valence-electron chi connectivity index (χ0n) is 25.8. The monoisotopic (exact) mass is 631 g/mol. The lowest BCUT2D eigenvalue weighted by molar-refractivity contribution is -0.136. The van der Waals surface area contributed by atoms with Gasteiger partial charge in [-0.15, -0.1) is 10.2 Å². The Morgan fingerprint density at radius 2 is 1.52 bits per heavy atom. The zero-order valence-corrected chi connectivity index (χ0v) is 25.8. The van der Waals surface area contributed by atoms with Crippen molar-refractivity contribution < 1.29 is 28.4 Å². The molecule has 7 rings (SSSR count). The summed E-state index contributed by atoms with van der Waals surface area (Å²) in [6.45, 7) is 6.38. The van der Waals surface area contributed by atoms with Crippen molar-refractivity contribution in [1.82, 2.24) is 25.3 Å². The number of hydrogen-bond donors (Lipinski definition) is 1. The Kier molecular flexibility index (Phi) is 8.04. The highest BCUT2D eigenvalue weighted by Crippen LogP contribution is 2.42. The minimum absolute atomic E-state index is 0.0335. The van der Waals surface area contributed by atoms with E-state index >= 15 is 4.39 Å². The molecule has 1 aromatic heterocycles. The number of aldehydes is 1. The Balaban J connectivity index is 0.904. The fourth-order valence-electron chi connectivity index (χ4n) is 7.93. The first kappa shape index (κ1) is 30.4. The smallest absolute Gasteiger partial charge is 0.262 e. The quantitative estimate of drug-likeness (QED) is 0.374. The second-order valence-electron chi connectivity index (χ2n) is 13.4. The fraction of sp³-hybridized carbons (Fsp3) is 0.545. The third-order valence-electron chi connectivity index (χ3n) is 10.8. The first-order valence-electron chi connectivity index (χ1n) is 16.3. The van der Waals surface area contributed by atoms with Crippen LogP contribution in [0.15, 0.2) is 24.3 Å². The minimum Gasteiger partial charge on any atom is -0.369 e. The molecular weight excluding hydrogens is 593 g/mol. The van der Waals surface area contributed by atoms with Crippen molar-refractivity contribution in [3.05, 3.63) is 46.9 Å². The molecule has 0 saturated carbocycles. The summed E-state index contributed by atoms with van der Waals surface area (Å²) >= 11 is 0. The summed E-state index contributed by atoms with van der Waals surface area (Å²) in [4.78, 5) is 68.7. The molecular formula is C33H38FN7O5. The summed E-state index contributed by atoms with van der Waals surface area (Å²) in [6.07, 6.45) is 7.23. The van der Waals surface area contributed by atoms with Crippen molar-refractivity contribution in [2.45, 2.75) is 57.4 Å². The Labute approximate surface area is 266 Å². The number of carbonyl (C=O) groups excluding carboxylic acids is 5. The number of fused-ring (bicyclic) bond motifs is 1. The maximum Gasteiger partial charge on any atom is 0.262 e. The van der Waals surface area contributed by atoms with Crippen molar-refractivity contribution >= 4 is 41.4 Å². The number of halogens is 1. The number of aromatic nitrogens is 2. The molecule has 0 bridgehead atoms. The number of amides is 4. The SMILES string of the molecule is O=Cc1ccc(N2CCC3(CCN(CC4CCN(c5cc6c(cc5F)C(=O)N(C5CCC(=O)NC5=O)C6=O)CC4)CC3)CC2)nn1. The van der Waals surface area contributed by atoms with E-state index in [1.54, 1.807) is 6.07 Å². The largest absolute Gasteiger partial charge is 0.369 e. The molecule has 0 aliphatic carbocycles. The van der Waals surface area contributed by atoms with Crippen molar-refractivity contribution in [2.24, 2.45) is 11.3 Å². The third kappa shape index (κ3) is 5.65. The Hall–Kier alpha value is -4.26. The molecule has 46 heavy (non-hydrogen) atoms. The number of rotatable bonds is 6.